The third kappa shape index (κ3) is 1.51. The van der Waals surface area contributed by atoms with E-state index < -0.39 is 0 Å². The van der Waals surface area contributed by atoms with Crippen LogP contribution in [0.4, 0.5) is 0 Å². The van der Waals surface area contributed by atoms with Gasteiger partial charge in [0.15, 0.2) is 5.78 Å². The number of rotatable bonds is 1. The predicted molar refractivity (Wildman–Crippen MR) is 67.7 cm³/mol. The molecular formula is C13H9ClN2O. The molecule has 0 aliphatic rings. The van der Waals surface area contributed by atoms with Gasteiger partial charge in [-0.05, 0) is 17.5 Å². The van der Waals surface area contributed by atoms with E-state index >= 15 is 0 Å². The maximum atomic E-state index is 11.3. The van der Waals surface area contributed by atoms with Gasteiger partial charge in [0.2, 0.25) is 0 Å². The van der Waals surface area contributed by atoms with Gasteiger partial charge in [0, 0.05) is 24.7 Å². The van der Waals surface area contributed by atoms with E-state index in [2.05, 4.69) is 4.98 Å². The Balaban J connectivity index is 2.50. The Morgan fingerprint density at radius 3 is 2.94 bits per heavy atom. The molecule has 0 saturated carbocycles. The normalized spacial score (nSPS) is 11.2. The number of nitrogens with zero attached hydrogens (tertiary/aromatic N) is 2. The number of Topliss-reactive ketones (excluding diaryl/α,β-unsaturated/α-hetero) is 1. The highest BCUT2D eigenvalue weighted by Gasteiger charge is 2.10. The molecule has 0 saturated heterocycles. The Morgan fingerprint density at radius 1 is 1.35 bits per heavy atom. The summed E-state index contributed by atoms with van der Waals surface area (Å²) in [6.45, 7) is 1.51. The molecule has 3 aromatic rings. The molecule has 17 heavy (non-hydrogen) atoms. The van der Waals surface area contributed by atoms with Crippen LogP contribution >= 0.6 is 11.6 Å². The Bertz CT molecular complexity index is 746. The Kier molecular flexibility index (Phi) is 2.16. The number of benzene rings is 1. The van der Waals surface area contributed by atoms with E-state index in [1.807, 2.05) is 34.9 Å². The molecule has 0 radical (unpaired) electrons. The molecule has 3 nitrogen and oxygen atoms in total. The highest BCUT2D eigenvalue weighted by molar-refractivity contribution is 6.36. The topological polar surface area (TPSA) is 34.4 Å². The molecule has 0 unspecified atom stereocenters. The first-order valence-electron chi connectivity index (χ1n) is 5.24. The molecule has 0 amide bonds. The maximum absolute atomic E-state index is 11.3. The van der Waals surface area contributed by atoms with Gasteiger partial charge in [-0.25, -0.2) is 4.98 Å². The molecular weight excluding hydrogens is 236 g/mol. The van der Waals surface area contributed by atoms with Crippen molar-refractivity contribution in [3.8, 4) is 0 Å². The minimum atomic E-state index is -0.0473. The molecule has 0 fully saturated rings. The summed E-state index contributed by atoms with van der Waals surface area (Å²) < 4.78 is 1.82. The van der Waals surface area contributed by atoms with Crippen molar-refractivity contribution in [2.24, 2.45) is 0 Å². The summed E-state index contributed by atoms with van der Waals surface area (Å²) in [5.41, 5.74) is 1.18. The number of carbonyl (C=O) groups is 1. The zero-order valence-corrected chi connectivity index (χ0v) is 9.90. The summed E-state index contributed by atoms with van der Waals surface area (Å²) in [6, 6.07) is 7.66. The van der Waals surface area contributed by atoms with Crippen molar-refractivity contribution in [3.63, 3.8) is 0 Å². The first kappa shape index (κ1) is 10.3. The molecule has 84 valence electrons. The van der Waals surface area contributed by atoms with Gasteiger partial charge in [-0.2, -0.15) is 0 Å². The number of hydrogen-bond acceptors (Lipinski definition) is 2. The van der Waals surface area contributed by atoms with Crippen LogP contribution in [0.5, 0.6) is 0 Å². The van der Waals surface area contributed by atoms with Gasteiger partial charge in [0.1, 0.15) is 11.3 Å². The summed E-state index contributed by atoms with van der Waals surface area (Å²) in [5, 5.41) is 2.55. The first-order chi connectivity index (χ1) is 8.16. The highest BCUT2D eigenvalue weighted by atomic mass is 35.5. The lowest BCUT2D eigenvalue weighted by Crippen LogP contribution is -1.90. The first-order valence-corrected chi connectivity index (χ1v) is 5.61. The molecule has 2 aromatic heterocycles. The molecule has 3 rings (SSSR count). The number of halogens is 1. The van der Waals surface area contributed by atoms with Crippen LogP contribution < -0.4 is 0 Å². The molecule has 2 heterocycles. The quantitative estimate of drug-likeness (QED) is 0.616. The number of aromatic nitrogens is 2. The van der Waals surface area contributed by atoms with Crippen molar-refractivity contribution < 1.29 is 4.79 Å². The molecule has 0 bridgehead atoms. The van der Waals surface area contributed by atoms with Crippen molar-refractivity contribution >= 4 is 33.8 Å². The molecule has 0 aliphatic heterocycles. The lowest BCUT2D eigenvalue weighted by atomic mass is 10.2. The van der Waals surface area contributed by atoms with Gasteiger partial charge in [0.05, 0.1) is 5.02 Å². The van der Waals surface area contributed by atoms with E-state index in [-0.39, 0.29) is 5.78 Å². The van der Waals surface area contributed by atoms with Gasteiger partial charge in [-0.1, -0.05) is 23.7 Å². The van der Waals surface area contributed by atoms with Crippen LogP contribution in [0.3, 0.4) is 0 Å². The van der Waals surface area contributed by atoms with Gasteiger partial charge in [-0.3, -0.25) is 4.79 Å². The van der Waals surface area contributed by atoms with Gasteiger partial charge < -0.3 is 4.40 Å². The van der Waals surface area contributed by atoms with E-state index in [1.165, 1.54) is 6.92 Å². The van der Waals surface area contributed by atoms with Crippen LogP contribution in [-0.4, -0.2) is 15.2 Å². The smallest absolute Gasteiger partial charge is 0.179 e. The summed E-state index contributed by atoms with van der Waals surface area (Å²) in [7, 11) is 0. The average Bonchev–Trinajstić information content (AvgIpc) is 2.73. The highest BCUT2D eigenvalue weighted by Crippen LogP contribution is 2.27. The lowest BCUT2D eigenvalue weighted by molar-refractivity contribution is 0.101. The average molecular weight is 245 g/mol. The number of carbonyl (C=O) groups excluding carboxylic acids is 1. The Labute approximate surface area is 103 Å². The molecule has 0 aliphatic carbocycles. The third-order valence-electron chi connectivity index (χ3n) is 2.78. The maximum Gasteiger partial charge on any atom is 0.179 e. The van der Waals surface area contributed by atoms with Crippen LogP contribution in [0.1, 0.15) is 17.4 Å². The van der Waals surface area contributed by atoms with Crippen LogP contribution in [0.15, 0.2) is 36.7 Å². The van der Waals surface area contributed by atoms with E-state index in [1.54, 1.807) is 6.20 Å². The van der Waals surface area contributed by atoms with Crippen molar-refractivity contribution in [1.82, 2.24) is 9.38 Å². The molecule has 0 N–H and O–H groups in total. The van der Waals surface area contributed by atoms with E-state index in [9.17, 15) is 4.79 Å². The molecule has 4 heteroatoms. The van der Waals surface area contributed by atoms with Crippen LogP contribution in [0, 0.1) is 0 Å². The van der Waals surface area contributed by atoms with Crippen LogP contribution in [0.2, 0.25) is 5.02 Å². The minimum Gasteiger partial charge on any atom is -0.306 e. The molecule has 0 spiro atoms. The number of pyridine rings is 1. The van der Waals surface area contributed by atoms with Crippen molar-refractivity contribution in [1.29, 1.82) is 0 Å². The largest absolute Gasteiger partial charge is 0.306 e. The second-order valence-corrected chi connectivity index (χ2v) is 4.34. The Morgan fingerprint density at radius 2 is 2.18 bits per heavy atom. The summed E-state index contributed by atoms with van der Waals surface area (Å²) in [5.74, 6) is -0.0473. The summed E-state index contributed by atoms with van der Waals surface area (Å²) in [6.07, 6.45) is 3.61. The van der Waals surface area contributed by atoms with Crippen LogP contribution in [-0.2, 0) is 0 Å². The fourth-order valence-electron chi connectivity index (χ4n) is 1.94. The van der Waals surface area contributed by atoms with Gasteiger partial charge in [0.25, 0.3) is 0 Å². The number of hydrogen-bond donors (Lipinski definition) is 0. The van der Waals surface area contributed by atoms with Gasteiger partial charge in [-0.15, -0.1) is 0 Å². The number of ketones is 1. The zero-order chi connectivity index (χ0) is 12.0. The second kappa shape index (κ2) is 3.57. The summed E-state index contributed by atoms with van der Waals surface area (Å²) >= 11 is 6.19. The fourth-order valence-corrected chi connectivity index (χ4v) is 2.20. The fraction of sp³-hybridized carbons (Fsp3) is 0.0769. The predicted octanol–water partition coefficient (Wildman–Crippen LogP) is 3.34. The zero-order valence-electron chi connectivity index (χ0n) is 9.14. The number of imidazole rings is 1. The van der Waals surface area contributed by atoms with Crippen molar-refractivity contribution in [2.45, 2.75) is 6.92 Å². The molecule has 0 atom stereocenters. The number of fused-ring (bicyclic) bond motifs is 3. The molecule has 1 aromatic carbocycles. The SMILES string of the molecule is CC(=O)c1cn2ccc3cccc(Cl)c3c2n1. The van der Waals surface area contributed by atoms with Crippen molar-refractivity contribution in [2.75, 3.05) is 0 Å². The van der Waals surface area contributed by atoms with E-state index in [0.717, 1.165) is 16.4 Å². The monoisotopic (exact) mass is 244 g/mol. The second-order valence-electron chi connectivity index (χ2n) is 3.93. The van der Waals surface area contributed by atoms with Crippen molar-refractivity contribution in [3.05, 3.63) is 47.4 Å². The van der Waals surface area contributed by atoms with Gasteiger partial charge >= 0.3 is 0 Å². The Hall–Kier alpha value is -1.87. The third-order valence-corrected chi connectivity index (χ3v) is 3.09. The van der Waals surface area contributed by atoms with E-state index in [4.69, 9.17) is 11.6 Å². The standard InChI is InChI=1S/C13H9ClN2O/c1-8(17)11-7-16-6-5-9-3-2-4-10(14)12(9)13(16)15-11/h2-7H,1H3. The van der Waals surface area contributed by atoms with E-state index in [0.29, 0.717) is 10.7 Å². The minimum absolute atomic E-state index is 0.0473. The van der Waals surface area contributed by atoms with Crippen LogP contribution in [0.25, 0.3) is 16.4 Å². The summed E-state index contributed by atoms with van der Waals surface area (Å²) in [4.78, 5) is 15.7. The lowest BCUT2D eigenvalue weighted by Gasteiger charge is -2.01.